The van der Waals surface area contributed by atoms with E-state index in [1.54, 1.807) is 10.4 Å². The number of sulfonamides is 1. The van der Waals surface area contributed by atoms with Gasteiger partial charge in [0.25, 0.3) is 10.0 Å². The maximum atomic E-state index is 12.9. The predicted octanol–water partition coefficient (Wildman–Crippen LogP) is 3.20. The standard InChI is InChI=1S/C15H26N2O2S2/c1-11(2)16-10-14-8-9-15(20-14)21(18,19)17-12(3)6-5-7-13(17)4/h8-9,11-13,16H,5-7,10H2,1-4H3/t12-,13+. The summed E-state index contributed by atoms with van der Waals surface area (Å²) in [5.74, 6) is 0. The Labute approximate surface area is 132 Å². The monoisotopic (exact) mass is 330 g/mol. The van der Waals surface area contributed by atoms with Crippen molar-refractivity contribution in [2.24, 2.45) is 0 Å². The van der Waals surface area contributed by atoms with Crippen molar-refractivity contribution in [1.29, 1.82) is 0 Å². The molecule has 0 aliphatic carbocycles. The van der Waals surface area contributed by atoms with Gasteiger partial charge in [-0.25, -0.2) is 8.42 Å². The normalized spacial score (nSPS) is 24.6. The molecule has 2 rings (SSSR count). The van der Waals surface area contributed by atoms with Crippen molar-refractivity contribution in [2.45, 2.75) is 75.8 Å². The summed E-state index contributed by atoms with van der Waals surface area (Å²) in [4.78, 5) is 1.07. The van der Waals surface area contributed by atoms with Gasteiger partial charge in [0.1, 0.15) is 4.21 Å². The molecule has 2 atom stereocenters. The second-order valence-electron chi connectivity index (χ2n) is 6.22. The highest BCUT2D eigenvalue weighted by atomic mass is 32.2. The Bertz CT molecular complexity index is 556. The SMILES string of the molecule is CC(C)NCc1ccc(S(=O)(=O)N2[C@H](C)CCC[C@@H]2C)s1. The molecule has 120 valence electrons. The molecule has 0 amide bonds. The van der Waals surface area contributed by atoms with Gasteiger partial charge < -0.3 is 5.32 Å². The summed E-state index contributed by atoms with van der Waals surface area (Å²) in [7, 11) is -3.35. The van der Waals surface area contributed by atoms with Gasteiger partial charge in [-0.3, -0.25) is 0 Å². The Morgan fingerprint density at radius 3 is 2.48 bits per heavy atom. The molecule has 6 heteroatoms. The van der Waals surface area contributed by atoms with Crippen molar-refractivity contribution in [2.75, 3.05) is 0 Å². The van der Waals surface area contributed by atoms with Crippen LogP contribution >= 0.6 is 11.3 Å². The van der Waals surface area contributed by atoms with Crippen molar-refractivity contribution in [3.8, 4) is 0 Å². The zero-order valence-electron chi connectivity index (χ0n) is 13.3. The molecule has 1 aliphatic rings. The van der Waals surface area contributed by atoms with Gasteiger partial charge in [-0.05, 0) is 38.8 Å². The summed E-state index contributed by atoms with van der Waals surface area (Å²) in [6.45, 7) is 8.93. The lowest BCUT2D eigenvalue weighted by atomic mass is 10.0. The van der Waals surface area contributed by atoms with Crippen LogP contribution in [-0.2, 0) is 16.6 Å². The second-order valence-corrected chi connectivity index (χ2v) is 9.46. The van der Waals surface area contributed by atoms with Gasteiger partial charge >= 0.3 is 0 Å². The van der Waals surface area contributed by atoms with Crippen LogP contribution in [0.3, 0.4) is 0 Å². The summed E-state index contributed by atoms with van der Waals surface area (Å²) in [6.07, 6.45) is 3.02. The van der Waals surface area contributed by atoms with Gasteiger partial charge in [-0.15, -0.1) is 11.3 Å². The minimum atomic E-state index is -3.35. The molecule has 0 aromatic carbocycles. The summed E-state index contributed by atoms with van der Waals surface area (Å²) in [6, 6.07) is 4.27. The third-order valence-corrected chi connectivity index (χ3v) is 7.65. The number of hydrogen-bond donors (Lipinski definition) is 1. The van der Waals surface area contributed by atoms with Crippen LogP contribution in [-0.4, -0.2) is 30.8 Å². The van der Waals surface area contributed by atoms with Gasteiger partial charge in [-0.2, -0.15) is 4.31 Å². The minimum absolute atomic E-state index is 0.0955. The zero-order chi connectivity index (χ0) is 15.6. The molecular formula is C15H26N2O2S2. The van der Waals surface area contributed by atoms with Gasteiger partial charge in [0, 0.05) is 29.5 Å². The van der Waals surface area contributed by atoms with E-state index in [0.29, 0.717) is 10.3 Å². The Hall–Kier alpha value is -0.430. The van der Waals surface area contributed by atoms with E-state index >= 15 is 0 Å². The van der Waals surface area contributed by atoms with Gasteiger partial charge in [0.15, 0.2) is 0 Å². The molecular weight excluding hydrogens is 304 g/mol. The predicted molar refractivity (Wildman–Crippen MR) is 88.1 cm³/mol. The van der Waals surface area contributed by atoms with Gasteiger partial charge in [0.2, 0.25) is 0 Å². The second kappa shape index (κ2) is 6.77. The summed E-state index contributed by atoms with van der Waals surface area (Å²) < 4.78 is 27.9. The van der Waals surface area contributed by atoms with E-state index in [4.69, 9.17) is 0 Å². The van der Waals surface area contributed by atoms with Gasteiger partial charge in [-0.1, -0.05) is 20.3 Å². The van der Waals surface area contributed by atoms with E-state index in [2.05, 4.69) is 19.2 Å². The molecule has 0 saturated carbocycles. The lowest BCUT2D eigenvalue weighted by molar-refractivity contribution is 0.204. The first-order chi connectivity index (χ1) is 9.82. The molecule has 1 fully saturated rings. The van der Waals surface area contributed by atoms with Crippen molar-refractivity contribution < 1.29 is 8.42 Å². The molecule has 0 spiro atoms. The lowest BCUT2D eigenvalue weighted by Crippen LogP contribution is -2.47. The molecule has 0 unspecified atom stereocenters. The Morgan fingerprint density at radius 1 is 1.29 bits per heavy atom. The Morgan fingerprint density at radius 2 is 1.90 bits per heavy atom. The van der Waals surface area contributed by atoms with Crippen LogP contribution in [0.5, 0.6) is 0 Å². The van der Waals surface area contributed by atoms with Crippen molar-refractivity contribution in [3.63, 3.8) is 0 Å². The molecule has 0 bridgehead atoms. The summed E-state index contributed by atoms with van der Waals surface area (Å²) in [5, 5.41) is 3.33. The van der Waals surface area contributed by atoms with Crippen LogP contribution in [0.2, 0.25) is 0 Å². The van der Waals surface area contributed by atoms with E-state index in [9.17, 15) is 8.42 Å². The number of thiophene rings is 1. The third-order valence-electron chi connectivity index (χ3n) is 3.97. The van der Waals surface area contributed by atoms with Gasteiger partial charge in [0.05, 0.1) is 0 Å². The van der Waals surface area contributed by atoms with E-state index in [1.165, 1.54) is 11.3 Å². The fourth-order valence-electron chi connectivity index (χ4n) is 2.87. The van der Waals surface area contributed by atoms with Crippen LogP contribution < -0.4 is 5.32 Å². The van der Waals surface area contributed by atoms with Crippen molar-refractivity contribution in [1.82, 2.24) is 9.62 Å². The van der Waals surface area contributed by atoms with Crippen LogP contribution in [0.15, 0.2) is 16.3 Å². The number of nitrogens with one attached hydrogen (secondary N) is 1. The van der Waals surface area contributed by atoms with E-state index in [0.717, 1.165) is 30.7 Å². The van der Waals surface area contributed by atoms with E-state index < -0.39 is 10.0 Å². The molecule has 2 heterocycles. The minimum Gasteiger partial charge on any atom is -0.310 e. The average Bonchev–Trinajstić information content (AvgIpc) is 2.85. The summed E-state index contributed by atoms with van der Waals surface area (Å²) >= 11 is 1.39. The van der Waals surface area contributed by atoms with Crippen molar-refractivity contribution >= 4 is 21.4 Å². The lowest BCUT2D eigenvalue weighted by Gasteiger charge is -2.37. The highest BCUT2D eigenvalue weighted by Crippen LogP contribution is 2.32. The molecule has 1 saturated heterocycles. The fourth-order valence-corrected chi connectivity index (χ4v) is 6.16. The Kier molecular flexibility index (Phi) is 5.46. The maximum absolute atomic E-state index is 12.9. The van der Waals surface area contributed by atoms with Crippen LogP contribution in [0.1, 0.15) is 51.8 Å². The zero-order valence-corrected chi connectivity index (χ0v) is 14.9. The first-order valence-corrected chi connectivity index (χ1v) is 9.93. The molecule has 4 nitrogen and oxygen atoms in total. The molecule has 0 radical (unpaired) electrons. The number of rotatable bonds is 5. The summed E-state index contributed by atoms with van der Waals surface area (Å²) in [5.41, 5.74) is 0. The smallest absolute Gasteiger partial charge is 0.253 e. The third kappa shape index (κ3) is 3.86. The first-order valence-electron chi connectivity index (χ1n) is 7.68. The number of nitrogens with zero attached hydrogens (tertiary/aromatic N) is 1. The topological polar surface area (TPSA) is 49.4 Å². The van der Waals surface area contributed by atoms with Crippen LogP contribution in [0.4, 0.5) is 0 Å². The molecule has 1 aromatic heterocycles. The largest absolute Gasteiger partial charge is 0.310 e. The molecule has 1 aromatic rings. The molecule has 1 aliphatic heterocycles. The van der Waals surface area contributed by atoms with Crippen molar-refractivity contribution in [3.05, 3.63) is 17.0 Å². The maximum Gasteiger partial charge on any atom is 0.253 e. The van der Waals surface area contributed by atoms with Crippen LogP contribution in [0.25, 0.3) is 0 Å². The van der Waals surface area contributed by atoms with E-state index in [1.807, 2.05) is 19.9 Å². The Balaban J connectivity index is 2.19. The van der Waals surface area contributed by atoms with Crippen LogP contribution in [0, 0.1) is 0 Å². The number of piperidine rings is 1. The van der Waals surface area contributed by atoms with E-state index in [-0.39, 0.29) is 12.1 Å². The average molecular weight is 331 g/mol. The molecule has 1 N–H and O–H groups in total. The fraction of sp³-hybridized carbons (Fsp3) is 0.733. The quantitative estimate of drug-likeness (QED) is 0.902. The highest BCUT2D eigenvalue weighted by molar-refractivity contribution is 7.91. The highest BCUT2D eigenvalue weighted by Gasteiger charge is 2.36. The first kappa shape index (κ1) is 16.9. The molecule has 21 heavy (non-hydrogen) atoms. The number of hydrogen-bond acceptors (Lipinski definition) is 4.